The zero-order valence-electron chi connectivity index (χ0n) is 6.33. The van der Waals surface area contributed by atoms with E-state index in [4.69, 9.17) is 0 Å². The number of fused-ring (bicyclic) bond motifs is 1. The minimum Gasteiger partial charge on any atom is -0.314 e. The van der Waals surface area contributed by atoms with Crippen molar-refractivity contribution in [1.29, 1.82) is 0 Å². The molecule has 0 saturated heterocycles. The lowest BCUT2D eigenvalue weighted by Crippen LogP contribution is -2.26. The smallest absolute Gasteiger partial charge is 0.0491 e. The highest BCUT2D eigenvalue weighted by Gasteiger charge is 2.12. The molecule has 1 heterocycles. The first-order valence-electron chi connectivity index (χ1n) is 3.87. The summed E-state index contributed by atoms with van der Waals surface area (Å²) in [4.78, 5) is 0. The van der Waals surface area contributed by atoms with Gasteiger partial charge < -0.3 is 5.21 Å². The van der Waals surface area contributed by atoms with Crippen molar-refractivity contribution in [2.24, 2.45) is 0 Å². The summed E-state index contributed by atoms with van der Waals surface area (Å²) < 4.78 is 0. The largest absolute Gasteiger partial charge is 0.314 e. The Hall–Kier alpha value is -0.860. The van der Waals surface area contributed by atoms with Crippen LogP contribution in [0.4, 0.5) is 0 Å². The van der Waals surface area contributed by atoms with Gasteiger partial charge in [0.15, 0.2) is 0 Å². The van der Waals surface area contributed by atoms with Gasteiger partial charge in [0, 0.05) is 13.1 Å². The van der Waals surface area contributed by atoms with Gasteiger partial charge in [-0.3, -0.25) is 0 Å². The molecule has 0 saturated carbocycles. The lowest BCUT2D eigenvalue weighted by atomic mass is 10.0. The predicted molar refractivity (Wildman–Crippen MR) is 42.3 cm³/mol. The van der Waals surface area contributed by atoms with Crippen molar-refractivity contribution in [2.45, 2.75) is 13.0 Å². The molecule has 1 aromatic rings. The van der Waals surface area contributed by atoms with E-state index >= 15 is 0 Å². The van der Waals surface area contributed by atoms with Gasteiger partial charge in [0.05, 0.1) is 0 Å². The molecule has 1 aliphatic rings. The van der Waals surface area contributed by atoms with E-state index in [0.717, 1.165) is 13.0 Å². The van der Waals surface area contributed by atoms with E-state index in [1.54, 1.807) is 0 Å². The van der Waals surface area contributed by atoms with E-state index in [-0.39, 0.29) is 0 Å². The van der Waals surface area contributed by atoms with Crippen LogP contribution in [0.3, 0.4) is 0 Å². The Bertz CT molecular complexity index is 259. The molecular formula is C9H11NO. The predicted octanol–water partition coefficient (Wildman–Crippen LogP) is 1.43. The molecule has 0 aliphatic carbocycles. The number of benzene rings is 1. The van der Waals surface area contributed by atoms with Gasteiger partial charge in [0.25, 0.3) is 0 Å². The van der Waals surface area contributed by atoms with Crippen molar-refractivity contribution in [2.75, 3.05) is 6.54 Å². The van der Waals surface area contributed by atoms with Crippen molar-refractivity contribution in [1.82, 2.24) is 5.06 Å². The molecule has 0 unspecified atom stereocenters. The van der Waals surface area contributed by atoms with E-state index < -0.39 is 0 Å². The first-order valence-corrected chi connectivity index (χ1v) is 3.87. The van der Waals surface area contributed by atoms with Gasteiger partial charge in [0.2, 0.25) is 0 Å². The summed E-state index contributed by atoms with van der Waals surface area (Å²) in [6, 6.07) is 8.25. The quantitative estimate of drug-likeness (QED) is 0.603. The zero-order valence-corrected chi connectivity index (χ0v) is 6.33. The van der Waals surface area contributed by atoms with Crippen LogP contribution in [0.25, 0.3) is 0 Å². The Balaban J connectivity index is 2.34. The molecule has 0 atom stereocenters. The molecule has 11 heavy (non-hydrogen) atoms. The lowest BCUT2D eigenvalue weighted by Gasteiger charge is -2.22. The number of nitrogens with zero attached hydrogens (tertiary/aromatic N) is 1. The number of hydroxylamine groups is 2. The minimum absolute atomic E-state index is 0.677. The number of hydrogen-bond acceptors (Lipinski definition) is 2. The summed E-state index contributed by atoms with van der Waals surface area (Å²) >= 11 is 0. The maximum atomic E-state index is 9.19. The van der Waals surface area contributed by atoms with Crippen molar-refractivity contribution in [3.8, 4) is 0 Å². The van der Waals surface area contributed by atoms with Gasteiger partial charge in [-0.05, 0) is 17.5 Å². The third kappa shape index (κ3) is 1.27. The van der Waals surface area contributed by atoms with Crippen molar-refractivity contribution >= 4 is 0 Å². The summed E-state index contributed by atoms with van der Waals surface area (Å²) in [5, 5.41) is 10.6. The topological polar surface area (TPSA) is 23.5 Å². The summed E-state index contributed by atoms with van der Waals surface area (Å²) in [5.41, 5.74) is 2.62. The van der Waals surface area contributed by atoms with Crippen LogP contribution >= 0.6 is 0 Å². The van der Waals surface area contributed by atoms with Gasteiger partial charge in [-0.1, -0.05) is 24.3 Å². The van der Waals surface area contributed by atoms with Gasteiger partial charge in [-0.15, -0.1) is 0 Å². The molecule has 0 spiro atoms. The second-order valence-corrected chi connectivity index (χ2v) is 2.91. The number of rotatable bonds is 0. The highest BCUT2D eigenvalue weighted by atomic mass is 16.5. The second kappa shape index (κ2) is 2.64. The maximum absolute atomic E-state index is 9.19. The summed E-state index contributed by atoms with van der Waals surface area (Å²) in [7, 11) is 0. The highest BCUT2D eigenvalue weighted by molar-refractivity contribution is 5.28. The molecule has 58 valence electrons. The molecule has 2 nitrogen and oxygen atoms in total. The van der Waals surface area contributed by atoms with E-state index in [9.17, 15) is 5.21 Å². The summed E-state index contributed by atoms with van der Waals surface area (Å²) in [5.74, 6) is 0. The molecule has 1 aliphatic heterocycles. The Morgan fingerprint density at radius 3 is 2.73 bits per heavy atom. The third-order valence-electron chi connectivity index (χ3n) is 2.11. The average Bonchev–Trinajstić information content (AvgIpc) is 2.04. The van der Waals surface area contributed by atoms with Crippen LogP contribution < -0.4 is 0 Å². The van der Waals surface area contributed by atoms with Crippen LogP contribution in [-0.2, 0) is 13.0 Å². The van der Waals surface area contributed by atoms with Crippen LogP contribution in [0.5, 0.6) is 0 Å². The monoisotopic (exact) mass is 149 g/mol. The average molecular weight is 149 g/mol. The van der Waals surface area contributed by atoms with Crippen molar-refractivity contribution in [3.05, 3.63) is 35.4 Å². The van der Waals surface area contributed by atoms with E-state index in [1.807, 2.05) is 12.1 Å². The maximum Gasteiger partial charge on any atom is 0.0491 e. The molecule has 1 aromatic carbocycles. The summed E-state index contributed by atoms with van der Waals surface area (Å²) in [6.07, 6.45) is 0.965. The van der Waals surface area contributed by atoms with Gasteiger partial charge in [-0.2, -0.15) is 5.06 Å². The fourth-order valence-electron chi connectivity index (χ4n) is 1.48. The van der Waals surface area contributed by atoms with Crippen LogP contribution in [0.2, 0.25) is 0 Å². The molecular weight excluding hydrogens is 138 g/mol. The van der Waals surface area contributed by atoms with Crippen molar-refractivity contribution in [3.63, 3.8) is 0 Å². The highest BCUT2D eigenvalue weighted by Crippen LogP contribution is 2.16. The van der Waals surface area contributed by atoms with Crippen molar-refractivity contribution < 1.29 is 5.21 Å². The third-order valence-corrected chi connectivity index (χ3v) is 2.11. The normalized spacial score (nSPS) is 17.9. The Morgan fingerprint density at radius 2 is 1.91 bits per heavy atom. The first-order chi connectivity index (χ1) is 5.36. The molecule has 1 N–H and O–H groups in total. The van der Waals surface area contributed by atoms with E-state index in [1.165, 1.54) is 16.2 Å². The molecule has 0 radical (unpaired) electrons. The lowest BCUT2D eigenvalue weighted by molar-refractivity contribution is -0.103. The second-order valence-electron chi connectivity index (χ2n) is 2.91. The van der Waals surface area contributed by atoms with E-state index in [0.29, 0.717) is 6.54 Å². The molecule has 2 heteroatoms. The number of hydrogen-bond donors (Lipinski definition) is 1. The van der Waals surface area contributed by atoms with Crippen LogP contribution in [0, 0.1) is 0 Å². The van der Waals surface area contributed by atoms with Gasteiger partial charge in [0.1, 0.15) is 0 Å². The molecule has 0 fully saturated rings. The Labute approximate surface area is 66.0 Å². The minimum atomic E-state index is 0.677. The van der Waals surface area contributed by atoms with E-state index in [2.05, 4.69) is 12.1 Å². The Kier molecular flexibility index (Phi) is 1.64. The summed E-state index contributed by atoms with van der Waals surface area (Å²) in [6.45, 7) is 1.44. The Morgan fingerprint density at radius 1 is 1.18 bits per heavy atom. The molecule has 0 aromatic heterocycles. The zero-order chi connectivity index (χ0) is 7.68. The molecule has 2 rings (SSSR count). The SMILES string of the molecule is ON1CCc2ccccc2C1. The van der Waals surface area contributed by atoms with Gasteiger partial charge >= 0.3 is 0 Å². The van der Waals surface area contributed by atoms with Crippen LogP contribution in [0.1, 0.15) is 11.1 Å². The fraction of sp³-hybridized carbons (Fsp3) is 0.333. The molecule has 0 amide bonds. The van der Waals surface area contributed by atoms with Crippen LogP contribution in [-0.4, -0.2) is 16.8 Å². The standard InChI is InChI=1S/C9H11NO/c11-10-6-5-8-3-1-2-4-9(8)7-10/h1-4,11H,5-7H2. The first kappa shape index (κ1) is 6.83. The molecule has 0 bridgehead atoms. The van der Waals surface area contributed by atoms with Gasteiger partial charge in [-0.25, -0.2) is 0 Å². The van der Waals surface area contributed by atoms with Crippen LogP contribution in [0.15, 0.2) is 24.3 Å². The fourth-order valence-corrected chi connectivity index (χ4v) is 1.48.